The summed E-state index contributed by atoms with van der Waals surface area (Å²) in [6, 6.07) is 1.53. The predicted octanol–water partition coefficient (Wildman–Crippen LogP) is 5.39. The van der Waals surface area contributed by atoms with Crippen LogP contribution in [0, 0.1) is 23.7 Å². The molecule has 9 nitrogen and oxygen atoms in total. The molecule has 1 aliphatic rings. The minimum atomic E-state index is -0.709. The van der Waals surface area contributed by atoms with Gasteiger partial charge in [-0.05, 0) is 43.9 Å². The average molecular weight is 536 g/mol. The molecule has 4 atom stereocenters. The number of aromatic nitrogens is 1. The third-order valence-corrected chi connectivity index (χ3v) is 6.80. The number of methoxy groups -OCH3 is 1. The fourth-order valence-corrected chi connectivity index (χ4v) is 4.26. The molecule has 1 fully saturated rings. The lowest BCUT2D eigenvalue weighted by atomic mass is 9.88. The number of Topliss-reactive ketones (excluding diaryl/α,β-unsaturated/α-hetero) is 1. The maximum Gasteiger partial charge on any atom is 0.309 e. The Morgan fingerprint density at radius 3 is 2.39 bits per heavy atom. The SMILES string of the molecule is CC[C@@H](CCC(C)C)[C@H](OCC1CC1)[C@H](C)OC(=O)[C@H](C)CC(=O)c1nccc(OC)c1OCOC(C)=O. The number of ketones is 1. The molecule has 1 aromatic rings. The van der Waals surface area contributed by atoms with Crippen LogP contribution in [0.3, 0.4) is 0 Å². The van der Waals surface area contributed by atoms with Crippen LogP contribution in [0.5, 0.6) is 11.5 Å². The number of nitrogens with zero attached hydrogens (tertiary/aromatic N) is 1. The van der Waals surface area contributed by atoms with Crippen LogP contribution < -0.4 is 9.47 Å². The molecule has 0 spiro atoms. The Morgan fingerprint density at radius 1 is 1.11 bits per heavy atom. The van der Waals surface area contributed by atoms with Crippen LogP contribution in [-0.2, 0) is 23.8 Å². The van der Waals surface area contributed by atoms with E-state index < -0.39 is 36.5 Å². The zero-order valence-corrected chi connectivity index (χ0v) is 24.0. The Hall–Kier alpha value is -2.68. The van der Waals surface area contributed by atoms with Crippen molar-refractivity contribution in [3.63, 3.8) is 0 Å². The molecule has 1 heterocycles. The Kier molecular flexibility index (Phi) is 13.0. The highest BCUT2D eigenvalue weighted by molar-refractivity contribution is 5.99. The Morgan fingerprint density at radius 2 is 1.82 bits per heavy atom. The van der Waals surface area contributed by atoms with E-state index in [9.17, 15) is 14.4 Å². The summed E-state index contributed by atoms with van der Waals surface area (Å²) in [6.07, 6.45) is 6.07. The first-order valence-corrected chi connectivity index (χ1v) is 13.7. The smallest absolute Gasteiger partial charge is 0.309 e. The zero-order valence-electron chi connectivity index (χ0n) is 24.0. The summed E-state index contributed by atoms with van der Waals surface area (Å²) in [5.74, 6) is -0.314. The molecule has 9 heteroatoms. The monoisotopic (exact) mass is 535 g/mol. The number of rotatable bonds is 18. The van der Waals surface area contributed by atoms with Gasteiger partial charge in [0.1, 0.15) is 6.10 Å². The minimum absolute atomic E-state index is 0.00502. The van der Waals surface area contributed by atoms with E-state index in [-0.39, 0.29) is 35.6 Å². The van der Waals surface area contributed by atoms with Crippen molar-refractivity contribution in [3.05, 3.63) is 18.0 Å². The molecule has 0 N–H and O–H groups in total. The lowest BCUT2D eigenvalue weighted by Crippen LogP contribution is -2.39. The van der Waals surface area contributed by atoms with Gasteiger partial charge in [0.25, 0.3) is 0 Å². The molecule has 1 saturated carbocycles. The van der Waals surface area contributed by atoms with Gasteiger partial charge in [0, 0.05) is 32.2 Å². The molecule has 214 valence electrons. The maximum absolute atomic E-state index is 13.1. The van der Waals surface area contributed by atoms with Crippen molar-refractivity contribution >= 4 is 17.7 Å². The minimum Gasteiger partial charge on any atom is -0.493 e. The quantitative estimate of drug-likeness (QED) is 0.139. The summed E-state index contributed by atoms with van der Waals surface area (Å²) in [5, 5.41) is 0. The number of hydrogen-bond acceptors (Lipinski definition) is 9. The van der Waals surface area contributed by atoms with E-state index in [4.69, 9.17) is 23.7 Å². The Bertz CT molecular complexity index is 914. The van der Waals surface area contributed by atoms with Crippen molar-refractivity contribution in [2.45, 2.75) is 92.3 Å². The topological polar surface area (TPSA) is 110 Å². The normalized spacial score (nSPS) is 16.3. The first-order chi connectivity index (χ1) is 18.1. The van der Waals surface area contributed by atoms with E-state index in [1.54, 1.807) is 6.92 Å². The average Bonchev–Trinajstić information content (AvgIpc) is 3.69. The van der Waals surface area contributed by atoms with E-state index in [2.05, 4.69) is 25.8 Å². The molecule has 0 aromatic carbocycles. The number of ether oxygens (including phenoxy) is 5. The van der Waals surface area contributed by atoms with Gasteiger partial charge in [-0.3, -0.25) is 14.4 Å². The van der Waals surface area contributed by atoms with E-state index in [1.165, 1.54) is 39.1 Å². The molecule has 38 heavy (non-hydrogen) atoms. The van der Waals surface area contributed by atoms with E-state index >= 15 is 0 Å². The highest BCUT2D eigenvalue weighted by Gasteiger charge is 2.33. The predicted molar refractivity (Wildman–Crippen MR) is 142 cm³/mol. The first-order valence-electron chi connectivity index (χ1n) is 13.7. The third-order valence-electron chi connectivity index (χ3n) is 6.80. The van der Waals surface area contributed by atoms with E-state index in [0.29, 0.717) is 18.4 Å². The van der Waals surface area contributed by atoms with Gasteiger partial charge < -0.3 is 23.7 Å². The van der Waals surface area contributed by atoms with Gasteiger partial charge >= 0.3 is 11.9 Å². The van der Waals surface area contributed by atoms with Gasteiger partial charge in [0.15, 0.2) is 23.0 Å². The molecule has 0 saturated heterocycles. The Labute approximate surface area is 226 Å². The number of hydrogen-bond donors (Lipinski definition) is 0. The fraction of sp³-hybridized carbons (Fsp3) is 0.724. The molecule has 1 aromatic heterocycles. The summed E-state index contributed by atoms with van der Waals surface area (Å²) in [7, 11) is 1.43. The van der Waals surface area contributed by atoms with Crippen molar-refractivity contribution in [1.82, 2.24) is 4.98 Å². The van der Waals surface area contributed by atoms with E-state index in [0.717, 1.165) is 19.3 Å². The number of carbonyl (C=O) groups is 3. The molecule has 0 bridgehead atoms. The fourth-order valence-electron chi connectivity index (χ4n) is 4.26. The van der Waals surface area contributed by atoms with Crippen molar-refractivity contribution in [2.24, 2.45) is 23.7 Å². The summed E-state index contributed by atoms with van der Waals surface area (Å²) in [4.78, 5) is 41.4. The second-order valence-corrected chi connectivity index (χ2v) is 10.6. The zero-order chi connectivity index (χ0) is 28.2. The van der Waals surface area contributed by atoms with Crippen LogP contribution in [0.1, 0.15) is 90.6 Å². The summed E-state index contributed by atoms with van der Waals surface area (Å²) in [5.41, 5.74) is -0.00502. The second kappa shape index (κ2) is 15.7. The summed E-state index contributed by atoms with van der Waals surface area (Å²) < 4.78 is 27.8. The Balaban J connectivity index is 2.06. The van der Waals surface area contributed by atoms with Crippen molar-refractivity contribution in [2.75, 3.05) is 20.5 Å². The van der Waals surface area contributed by atoms with Gasteiger partial charge in [-0.15, -0.1) is 0 Å². The lowest BCUT2D eigenvalue weighted by molar-refractivity contribution is -0.164. The van der Waals surface area contributed by atoms with Gasteiger partial charge in [-0.2, -0.15) is 0 Å². The van der Waals surface area contributed by atoms with Crippen molar-refractivity contribution < 1.29 is 38.1 Å². The van der Waals surface area contributed by atoms with Gasteiger partial charge in [0.2, 0.25) is 6.79 Å². The molecule has 0 aliphatic heterocycles. The van der Waals surface area contributed by atoms with Gasteiger partial charge in [-0.25, -0.2) is 4.98 Å². The molecule has 1 aliphatic carbocycles. The highest BCUT2D eigenvalue weighted by Crippen LogP contribution is 2.33. The number of carbonyl (C=O) groups excluding carboxylic acids is 3. The molecule has 2 rings (SSSR count). The van der Waals surface area contributed by atoms with Crippen LogP contribution in [-0.4, -0.2) is 55.4 Å². The van der Waals surface area contributed by atoms with Crippen molar-refractivity contribution in [3.8, 4) is 11.5 Å². The van der Waals surface area contributed by atoms with Gasteiger partial charge in [-0.1, -0.05) is 40.5 Å². The highest BCUT2D eigenvalue weighted by atomic mass is 16.7. The third kappa shape index (κ3) is 10.2. The van der Waals surface area contributed by atoms with Crippen LogP contribution in [0.15, 0.2) is 12.3 Å². The van der Waals surface area contributed by atoms with Crippen LogP contribution in [0.2, 0.25) is 0 Å². The van der Waals surface area contributed by atoms with Crippen LogP contribution in [0.25, 0.3) is 0 Å². The summed E-state index contributed by atoms with van der Waals surface area (Å²) in [6.45, 7) is 11.6. The molecule has 0 radical (unpaired) electrons. The first kappa shape index (κ1) is 31.5. The molecular weight excluding hydrogens is 490 g/mol. The van der Waals surface area contributed by atoms with Gasteiger partial charge in [0.05, 0.1) is 19.1 Å². The van der Waals surface area contributed by atoms with Crippen molar-refractivity contribution in [1.29, 1.82) is 0 Å². The van der Waals surface area contributed by atoms with Crippen LogP contribution in [0.4, 0.5) is 0 Å². The number of pyridine rings is 1. The number of esters is 2. The molecule has 0 amide bonds. The largest absolute Gasteiger partial charge is 0.493 e. The lowest BCUT2D eigenvalue weighted by Gasteiger charge is -2.32. The molecular formula is C29H45NO8. The maximum atomic E-state index is 13.1. The standard InChI is InChI=1S/C29H45NO8/c1-8-23(12-9-18(2)3)27(35-16-22-10-11-22)20(5)38-29(33)19(4)15-24(32)26-28(37-17-36-21(6)31)25(34-7)13-14-30-26/h13-14,18-20,22-23,27H,8-12,15-17H2,1-7H3/t19-,20+,23+,27-/m1/s1. The van der Waals surface area contributed by atoms with Crippen LogP contribution >= 0.6 is 0 Å². The summed E-state index contributed by atoms with van der Waals surface area (Å²) >= 11 is 0. The van der Waals surface area contributed by atoms with E-state index in [1.807, 2.05) is 6.92 Å². The molecule has 0 unspecified atom stereocenters. The second-order valence-electron chi connectivity index (χ2n) is 10.6.